The van der Waals surface area contributed by atoms with Crippen LogP contribution in [0.5, 0.6) is 0 Å². The SMILES string of the molecule is CC(C)(C)CNC(=O)N1CCC(C)(O)c2ccccc21. The molecule has 1 aliphatic heterocycles. The van der Waals surface area contributed by atoms with Gasteiger partial charge in [0.25, 0.3) is 0 Å². The van der Waals surface area contributed by atoms with Crippen LogP contribution in [0.4, 0.5) is 10.5 Å². The number of rotatable bonds is 1. The second-order valence-electron chi connectivity index (χ2n) is 6.91. The van der Waals surface area contributed by atoms with Crippen LogP contribution in [-0.4, -0.2) is 24.2 Å². The van der Waals surface area contributed by atoms with E-state index in [1.807, 2.05) is 24.3 Å². The molecule has 0 saturated heterocycles. The second-order valence-corrected chi connectivity index (χ2v) is 6.91. The summed E-state index contributed by atoms with van der Waals surface area (Å²) < 4.78 is 0. The first-order valence-electron chi connectivity index (χ1n) is 7.08. The Morgan fingerprint density at radius 1 is 1.40 bits per heavy atom. The van der Waals surface area contributed by atoms with E-state index in [0.717, 1.165) is 11.3 Å². The van der Waals surface area contributed by atoms with Gasteiger partial charge in [0.05, 0.1) is 11.3 Å². The van der Waals surface area contributed by atoms with Gasteiger partial charge in [0.2, 0.25) is 0 Å². The lowest BCUT2D eigenvalue weighted by molar-refractivity contribution is 0.0463. The number of nitrogens with one attached hydrogen (secondary N) is 1. The van der Waals surface area contributed by atoms with E-state index in [4.69, 9.17) is 0 Å². The average molecular weight is 276 g/mol. The van der Waals surface area contributed by atoms with Gasteiger partial charge in [-0.25, -0.2) is 4.79 Å². The highest BCUT2D eigenvalue weighted by Gasteiger charge is 2.35. The zero-order chi connectivity index (χ0) is 15.0. The molecule has 0 spiro atoms. The van der Waals surface area contributed by atoms with Gasteiger partial charge in [-0.3, -0.25) is 4.90 Å². The van der Waals surface area contributed by atoms with Crippen LogP contribution in [0.3, 0.4) is 0 Å². The van der Waals surface area contributed by atoms with Gasteiger partial charge in [-0.15, -0.1) is 0 Å². The largest absolute Gasteiger partial charge is 0.385 e. The fraction of sp³-hybridized carbons (Fsp3) is 0.562. The Morgan fingerprint density at radius 3 is 2.70 bits per heavy atom. The molecule has 4 heteroatoms. The Bertz CT molecular complexity index is 503. The summed E-state index contributed by atoms with van der Waals surface area (Å²) in [4.78, 5) is 14.1. The van der Waals surface area contributed by atoms with Crippen molar-refractivity contribution in [2.24, 2.45) is 5.41 Å². The van der Waals surface area contributed by atoms with Gasteiger partial charge in [-0.05, 0) is 24.8 Å². The molecule has 0 bridgehead atoms. The third-order valence-electron chi connectivity index (χ3n) is 3.61. The Labute approximate surface area is 120 Å². The van der Waals surface area contributed by atoms with E-state index in [2.05, 4.69) is 26.1 Å². The van der Waals surface area contributed by atoms with Crippen molar-refractivity contribution in [3.63, 3.8) is 0 Å². The van der Waals surface area contributed by atoms with Crippen LogP contribution >= 0.6 is 0 Å². The van der Waals surface area contributed by atoms with Crippen LogP contribution in [0.1, 0.15) is 39.7 Å². The molecule has 0 aliphatic carbocycles. The van der Waals surface area contributed by atoms with Gasteiger partial charge in [0.15, 0.2) is 0 Å². The number of hydrogen-bond donors (Lipinski definition) is 2. The number of para-hydroxylation sites is 1. The summed E-state index contributed by atoms with van der Waals surface area (Å²) in [6.07, 6.45) is 0.549. The number of aliphatic hydroxyl groups is 1. The van der Waals surface area contributed by atoms with E-state index in [1.165, 1.54) is 0 Å². The highest BCUT2D eigenvalue weighted by molar-refractivity contribution is 5.93. The molecule has 0 saturated carbocycles. The Kier molecular flexibility index (Phi) is 3.78. The first-order chi connectivity index (χ1) is 9.21. The van der Waals surface area contributed by atoms with E-state index in [-0.39, 0.29) is 11.4 Å². The molecule has 0 radical (unpaired) electrons. The molecule has 2 N–H and O–H groups in total. The summed E-state index contributed by atoms with van der Waals surface area (Å²) in [5.74, 6) is 0. The van der Waals surface area contributed by atoms with Crippen LogP contribution in [0.15, 0.2) is 24.3 Å². The molecule has 2 rings (SSSR count). The molecule has 1 aromatic rings. The number of amides is 2. The lowest BCUT2D eigenvalue weighted by Crippen LogP contribution is -2.48. The van der Waals surface area contributed by atoms with Crippen LogP contribution in [-0.2, 0) is 5.60 Å². The predicted octanol–water partition coefficient (Wildman–Crippen LogP) is 2.86. The predicted molar refractivity (Wildman–Crippen MR) is 80.8 cm³/mol. The topological polar surface area (TPSA) is 52.6 Å². The minimum absolute atomic E-state index is 0.0520. The van der Waals surface area contributed by atoms with E-state index in [0.29, 0.717) is 19.5 Å². The molecule has 0 fully saturated rings. The maximum atomic E-state index is 12.4. The third-order valence-corrected chi connectivity index (χ3v) is 3.61. The van der Waals surface area contributed by atoms with Crippen molar-refractivity contribution >= 4 is 11.7 Å². The number of hydrogen-bond acceptors (Lipinski definition) is 2. The normalized spacial score (nSPS) is 22.4. The van der Waals surface area contributed by atoms with Crippen molar-refractivity contribution in [2.45, 2.75) is 39.7 Å². The van der Waals surface area contributed by atoms with Crippen molar-refractivity contribution in [1.82, 2.24) is 5.32 Å². The summed E-state index contributed by atoms with van der Waals surface area (Å²) in [6.45, 7) is 9.21. The zero-order valence-corrected chi connectivity index (χ0v) is 12.7. The summed E-state index contributed by atoms with van der Waals surface area (Å²) in [5.41, 5.74) is 0.806. The molecule has 1 aliphatic rings. The maximum absolute atomic E-state index is 12.4. The monoisotopic (exact) mass is 276 g/mol. The quantitative estimate of drug-likeness (QED) is 0.828. The van der Waals surface area contributed by atoms with Crippen molar-refractivity contribution in [2.75, 3.05) is 18.0 Å². The van der Waals surface area contributed by atoms with Crippen LogP contribution < -0.4 is 10.2 Å². The highest BCUT2D eigenvalue weighted by atomic mass is 16.3. The van der Waals surface area contributed by atoms with Crippen molar-refractivity contribution < 1.29 is 9.90 Å². The number of fused-ring (bicyclic) bond motifs is 1. The first kappa shape index (κ1) is 14.9. The van der Waals surface area contributed by atoms with E-state index in [1.54, 1.807) is 11.8 Å². The number of anilines is 1. The molecule has 1 unspecified atom stereocenters. The molecule has 1 aromatic carbocycles. The minimum atomic E-state index is -0.864. The molecule has 110 valence electrons. The smallest absolute Gasteiger partial charge is 0.321 e. The average Bonchev–Trinajstić information content (AvgIpc) is 2.35. The van der Waals surface area contributed by atoms with E-state index in [9.17, 15) is 9.90 Å². The second kappa shape index (κ2) is 5.09. The minimum Gasteiger partial charge on any atom is -0.385 e. The number of urea groups is 1. The van der Waals surface area contributed by atoms with Crippen molar-refractivity contribution in [3.8, 4) is 0 Å². The van der Waals surface area contributed by atoms with Gasteiger partial charge >= 0.3 is 6.03 Å². The number of benzene rings is 1. The highest BCUT2D eigenvalue weighted by Crippen LogP contribution is 2.37. The number of carbonyl (C=O) groups excluding carboxylic acids is 1. The Hall–Kier alpha value is -1.55. The summed E-state index contributed by atoms with van der Waals surface area (Å²) in [6, 6.07) is 7.47. The fourth-order valence-corrected chi connectivity index (χ4v) is 2.40. The molecule has 1 atom stereocenters. The lowest BCUT2D eigenvalue weighted by atomic mass is 9.87. The van der Waals surface area contributed by atoms with Gasteiger partial charge in [-0.2, -0.15) is 0 Å². The van der Waals surface area contributed by atoms with Crippen LogP contribution in [0.25, 0.3) is 0 Å². The lowest BCUT2D eigenvalue weighted by Gasteiger charge is -2.38. The molecule has 2 amide bonds. The molecule has 20 heavy (non-hydrogen) atoms. The summed E-state index contributed by atoms with van der Waals surface area (Å²) in [5, 5.41) is 13.4. The van der Waals surface area contributed by atoms with Gasteiger partial charge in [-0.1, -0.05) is 39.0 Å². The molecule has 4 nitrogen and oxygen atoms in total. The van der Waals surface area contributed by atoms with E-state index < -0.39 is 5.60 Å². The van der Waals surface area contributed by atoms with E-state index >= 15 is 0 Å². The van der Waals surface area contributed by atoms with Crippen molar-refractivity contribution in [3.05, 3.63) is 29.8 Å². The maximum Gasteiger partial charge on any atom is 0.321 e. The standard InChI is InChI=1S/C16H24N2O2/c1-15(2,3)11-17-14(19)18-10-9-16(4,20)12-7-5-6-8-13(12)18/h5-8,20H,9-11H2,1-4H3,(H,17,19). The zero-order valence-electron chi connectivity index (χ0n) is 12.7. The fourth-order valence-electron chi connectivity index (χ4n) is 2.40. The van der Waals surface area contributed by atoms with Crippen molar-refractivity contribution in [1.29, 1.82) is 0 Å². The molecule has 0 aromatic heterocycles. The first-order valence-corrected chi connectivity index (χ1v) is 7.08. The van der Waals surface area contributed by atoms with Gasteiger partial charge in [0.1, 0.15) is 0 Å². The summed E-state index contributed by atoms with van der Waals surface area (Å²) >= 11 is 0. The van der Waals surface area contributed by atoms with Gasteiger partial charge in [0, 0.05) is 18.7 Å². The third kappa shape index (κ3) is 3.12. The Balaban J connectivity index is 2.20. The number of nitrogens with zero attached hydrogens (tertiary/aromatic N) is 1. The van der Waals surface area contributed by atoms with Gasteiger partial charge < -0.3 is 10.4 Å². The molecule has 1 heterocycles. The molecular weight excluding hydrogens is 252 g/mol. The molecular formula is C16H24N2O2. The number of carbonyl (C=O) groups is 1. The Morgan fingerprint density at radius 2 is 2.05 bits per heavy atom. The summed E-state index contributed by atoms with van der Waals surface area (Å²) in [7, 11) is 0. The van der Waals surface area contributed by atoms with Crippen LogP contribution in [0, 0.1) is 5.41 Å². The van der Waals surface area contributed by atoms with Crippen LogP contribution in [0.2, 0.25) is 0 Å².